The van der Waals surface area contributed by atoms with Crippen molar-refractivity contribution in [3.63, 3.8) is 0 Å². The van der Waals surface area contributed by atoms with Crippen LogP contribution in [0.15, 0.2) is 23.8 Å². The predicted molar refractivity (Wildman–Crippen MR) is 91.4 cm³/mol. The average molecular weight is 311 g/mol. The maximum absolute atomic E-state index is 11.1. The molecule has 2 heteroatoms. The van der Waals surface area contributed by atoms with Crippen LogP contribution >= 0.6 is 0 Å². The molecule has 3 fully saturated rings. The van der Waals surface area contributed by atoms with E-state index in [1.165, 1.54) is 37.7 Å². The number of hydrogen-bond acceptors (Lipinski definition) is 2. The van der Waals surface area contributed by atoms with Gasteiger partial charge in [0.25, 0.3) is 0 Å². The lowest BCUT2D eigenvalue weighted by atomic mass is 9.48. The SMILES string of the molecule is C=C1CC2(CC)C(CC[C@@]2(O)C#N)C2CCC3=CCCCC3C12. The minimum absolute atomic E-state index is 0.240. The Hall–Kier alpha value is -1.07. The molecule has 124 valence electrons. The third-order valence-electron chi connectivity index (χ3n) is 7.96. The summed E-state index contributed by atoms with van der Waals surface area (Å²) in [5.41, 5.74) is 1.65. The Morgan fingerprint density at radius 1 is 1.39 bits per heavy atom. The Morgan fingerprint density at radius 2 is 2.22 bits per heavy atom. The molecule has 0 aromatic rings. The fraction of sp³-hybridized carbons (Fsp3) is 0.762. The van der Waals surface area contributed by atoms with Crippen LogP contribution < -0.4 is 0 Å². The molecule has 4 rings (SSSR count). The largest absolute Gasteiger partial charge is 0.375 e. The molecule has 0 aliphatic heterocycles. The minimum atomic E-state index is -1.14. The van der Waals surface area contributed by atoms with Crippen LogP contribution in [0.2, 0.25) is 0 Å². The number of fused-ring (bicyclic) bond motifs is 5. The normalized spacial score (nSPS) is 48.7. The molecule has 0 spiro atoms. The molecule has 23 heavy (non-hydrogen) atoms. The monoisotopic (exact) mass is 311 g/mol. The molecule has 0 aromatic heterocycles. The van der Waals surface area contributed by atoms with E-state index in [4.69, 9.17) is 0 Å². The van der Waals surface area contributed by atoms with Crippen molar-refractivity contribution < 1.29 is 5.11 Å². The van der Waals surface area contributed by atoms with Gasteiger partial charge >= 0.3 is 0 Å². The summed E-state index contributed by atoms with van der Waals surface area (Å²) in [7, 11) is 0. The van der Waals surface area contributed by atoms with Gasteiger partial charge in [-0.05, 0) is 81.5 Å². The smallest absolute Gasteiger partial charge is 0.157 e. The molecule has 0 bridgehead atoms. The Morgan fingerprint density at radius 3 is 2.96 bits per heavy atom. The topological polar surface area (TPSA) is 44.0 Å². The second-order valence-corrected chi connectivity index (χ2v) is 8.51. The highest BCUT2D eigenvalue weighted by Crippen LogP contribution is 2.67. The van der Waals surface area contributed by atoms with Crippen molar-refractivity contribution in [2.75, 3.05) is 0 Å². The number of nitrogens with zero attached hydrogens (tertiary/aromatic N) is 1. The second kappa shape index (κ2) is 5.21. The first-order chi connectivity index (χ1) is 11.1. The van der Waals surface area contributed by atoms with E-state index in [0.717, 1.165) is 19.3 Å². The van der Waals surface area contributed by atoms with Crippen molar-refractivity contribution >= 4 is 0 Å². The zero-order valence-electron chi connectivity index (χ0n) is 14.4. The molecule has 4 aliphatic carbocycles. The first-order valence-corrected chi connectivity index (χ1v) is 9.56. The van der Waals surface area contributed by atoms with Crippen molar-refractivity contribution in [2.45, 2.75) is 70.3 Å². The first kappa shape index (κ1) is 15.5. The van der Waals surface area contributed by atoms with Gasteiger partial charge in [-0.3, -0.25) is 0 Å². The van der Waals surface area contributed by atoms with E-state index in [9.17, 15) is 10.4 Å². The van der Waals surface area contributed by atoms with Crippen LogP contribution in [0.25, 0.3) is 0 Å². The highest BCUT2D eigenvalue weighted by Gasteiger charge is 2.65. The van der Waals surface area contributed by atoms with Gasteiger partial charge in [0.2, 0.25) is 0 Å². The average Bonchev–Trinajstić information content (AvgIpc) is 2.88. The molecular formula is C21H29NO. The van der Waals surface area contributed by atoms with E-state index in [1.807, 2.05) is 0 Å². The number of nitriles is 1. The molecule has 0 aromatic carbocycles. The third-order valence-corrected chi connectivity index (χ3v) is 7.96. The van der Waals surface area contributed by atoms with Crippen molar-refractivity contribution in [3.05, 3.63) is 23.8 Å². The Kier molecular flexibility index (Phi) is 3.50. The fourth-order valence-electron chi connectivity index (χ4n) is 6.98. The van der Waals surface area contributed by atoms with E-state index in [2.05, 4.69) is 25.6 Å². The van der Waals surface area contributed by atoms with Crippen molar-refractivity contribution in [3.8, 4) is 6.07 Å². The Bertz CT molecular complexity index is 599. The van der Waals surface area contributed by atoms with E-state index in [0.29, 0.717) is 30.1 Å². The van der Waals surface area contributed by atoms with Crippen LogP contribution in [0.4, 0.5) is 0 Å². The molecule has 5 unspecified atom stereocenters. The maximum atomic E-state index is 11.1. The van der Waals surface area contributed by atoms with Gasteiger partial charge in [-0.15, -0.1) is 0 Å². The predicted octanol–water partition coefficient (Wildman–Crippen LogP) is 4.76. The first-order valence-electron chi connectivity index (χ1n) is 9.56. The van der Waals surface area contributed by atoms with Crippen molar-refractivity contribution in [1.82, 2.24) is 0 Å². The summed E-state index contributed by atoms with van der Waals surface area (Å²) in [6.45, 7) is 6.66. The van der Waals surface area contributed by atoms with E-state index >= 15 is 0 Å². The number of hydrogen-bond donors (Lipinski definition) is 1. The van der Waals surface area contributed by atoms with Gasteiger partial charge in [-0.2, -0.15) is 5.26 Å². The fourth-order valence-corrected chi connectivity index (χ4v) is 6.98. The summed E-state index contributed by atoms with van der Waals surface area (Å²) >= 11 is 0. The molecule has 2 nitrogen and oxygen atoms in total. The summed E-state index contributed by atoms with van der Waals surface area (Å²) in [6, 6.07) is 2.31. The van der Waals surface area contributed by atoms with Gasteiger partial charge in [0, 0.05) is 5.41 Å². The molecule has 0 amide bonds. The van der Waals surface area contributed by atoms with Gasteiger partial charge in [0.05, 0.1) is 6.07 Å². The molecule has 1 N–H and O–H groups in total. The number of allylic oxidation sites excluding steroid dienone is 3. The van der Waals surface area contributed by atoms with E-state index < -0.39 is 5.60 Å². The van der Waals surface area contributed by atoms with Gasteiger partial charge in [-0.25, -0.2) is 0 Å². The molecule has 0 radical (unpaired) electrons. The minimum Gasteiger partial charge on any atom is -0.375 e. The Balaban J connectivity index is 1.74. The molecule has 6 atom stereocenters. The van der Waals surface area contributed by atoms with Crippen molar-refractivity contribution in [2.24, 2.45) is 29.1 Å². The van der Waals surface area contributed by atoms with Gasteiger partial charge in [0.1, 0.15) is 0 Å². The number of aliphatic hydroxyl groups is 1. The van der Waals surface area contributed by atoms with Gasteiger partial charge in [0.15, 0.2) is 5.60 Å². The maximum Gasteiger partial charge on any atom is 0.157 e. The molecule has 3 saturated carbocycles. The van der Waals surface area contributed by atoms with Crippen LogP contribution in [0.3, 0.4) is 0 Å². The van der Waals surface area contributed by atoms with Crippen molar-refractivity contribution in [1.29, 1.82) is 5.26 Å². The summed E-state index contributed by atoms with van der Waals surface area (Å²) < 4.78 is 0. The highest BCUT2D eigenvalue weighted by atomic mass is 16.3. The zero-order valence-corrected chi connectivity index (χ0v) is 14.4. The summed E-state index contributed by atoms with van der Waals surface area (Å²) in [6.07, 6.45) is 12.3. The highest BCUT2D eigenvalue weighted by molar-refractivity contribution is 5.31. The van der Waals surface area contributed by atoms with Crippen LogP contribution in [0.5, 0.6) is 0 Å². The number of rotatable bonds is 1. The van der Waals surface area contributed by atoms with Crippen LogP contribution in [0, 0.1) is 40.4 Å². The Labute approximate surface area is 140 Å². The quantitative estimate of drug-likeness (QED) is 0.560. The molecule has 0 heterocycles. The van der Waals surface area contributed by atoms with E-state index in [1.54, 1.807) is 5.57 Å². The van der Waals surface area contributed by atoms with Crippen LogP contribution in [-0.2, 0) is 0 Å². The lowest BCUT2D eigenvalue weighted by molar-refractivity contribution is -0.0800. The lowest BCUT2D eigenvalue weighted by Gasteiger charge is -2.56. The molecule has 4 aliphatic rings. The summed E-state index contributed by atoms with van der Waals surface area (Å²) in [5, 5.41) is 20.8. The van der Waals surface area contributed by atoms with Gasteiger partial charge < -0.3 is 5.11 Å². The zero-order chi connectivity index (χ0) is 16.2. The lowest BCUT2D eigenvalue weighted by Crippen LogP contribution is -2.54. The standard InChI is InChI=1S/C21H29NO/c1-3-20-12-14(2)19-16-7-5-4-6-15(16)8-9-17(19)18(20)10-11-21(20,23)13-22/h6,16-19,23H,2-5,7-12H2,1H3/t16?,17?,18?,19?,20?,21-/m1/s1. The molecular weight excluding hydrogens is 282 g/mol. The summed E-state index contributed by atoms with van der Waals surface area (Å²) in [5.74, 6) is 2.47. The van der Waals surface area contributed by atoms with Gasteiger partial charge in [-0.1, -0.05) is 30.7 Å². The summed E-state index contributed by atoms with van der Waals surface area (Å²) in [4.78, 5) is 0. The van der Waals surface area contributed by atoms with Crippen LogP contribution in [0.1, 0.15) is 64.7 Å². The molecule has 0 saturated heterocycles. The van der Waals surface area contributed by atoms with E-state index in [-0.39, 0.29) is 5.41 Å². The third kappa shape index (κ3) is 1.89. The second-order valence-electron chi connectivity index (χ2n) is 8.51. The van der Waals surface area contributed by atoms with Crippen LogP contribution in [-0.4, -0.2) is 10.7 Å².